The molecule has 4 rings (SSSR count). The van der Waals surface area contributed by atoms with Gasteiger partial charge < -0.3 is 20.2 Å². The van der Waals surface area contributed by atoms with Crippen molar-refractivity contribution in [3.05, 3.63) is 64.3 Å². The van der Waals surface area contributed by atoms with Crippen LogP contribution in [0.3, 0.4) is 0 Å². The van der Waals surface area contributed by atoms with Crippen LogP contribution in [0.4, 0.5) is 11.6 Å². The van der Waals surface area contributed by atoms with Crippen LogP contribution in [-0.4, -0.2) is 46.0 Å². The van der Waals surface area contributed by atoms with Gasteiger partial charge in [0.1, 0.15) is 5.75 Å². The van der Waals surface area contributed by atoms with Crippen molar-refractivity contribution in [1.82, 2.24) is 14.3 Å². The molecule has 0 bridgehead atoms. The summed E-state index contributed by atoms with van der Waals surface area (Å²) in [7, 11) is 1.65. The number of hydrogen-bond acceptors (Lipinski definition) is 6. The first-order valence-electron chi connectivity index (χ1n) is 9.90. The molecule has 1 atom stereocenters. The zero-order chi connectivity index (χ0) is 20.2. The van der Waals surface area contributed by atoms with E-state index in [4.69, 9.17) is 4.74 Å². The molecular weight excluding hydrogens is 370 g/mol. The number of fused-ring (bicyclic) bond motifs is 1. The Labute approximate surface area is 169 Å². The molecule has 0 saturated carbocycles. The molecule has 2 aromatic heterocycles. The quantitative estimate of drug-likeness (QED) is 0.483. The molecule has 0 amide bonds. The maximum absolute atomic E-state index is 11.7. The third kappa shape index (κ3) is 4.02. The zero-order valence-corrected chi connectivity index (χ0v) is 16.5. The maximum atomic E-state index is 11.7. The number of likely N-dealkylation sites (tertiary alicyclic amines) is 1. The van der Waals surface area contributed by atoms with E-state index in [2.05, 4.69) is 27.3 Å². The van der Waals surface area contributed by atoms with Crippen molar-refractivity contribution < 1.29 is 9.66 Å². The van der Waals surface area contributed by atoms with Gasteiger partial charge in [-0.1, -0.05) is 24.6 Å². The molecule has 3 aromatic rings. The molecular formula is C21H25N5O3. The van der Waals surface area contributed by atoms with Gasteiger partial charge in [0.2, 0.25) is 11.5 Å². The number of nitro groups is 1. The van der Waals surface area contributed by atoms with Gasteiger partial charge in [0.25, 0.3) is 0 Å². The molecule has 1 aliphatic rings. The fraction of sp³-hybridized carbons (Fsp3) is 0.381. The van der Waals surface area contributed by atoms with Crippen LogP contribution in [0.5, 0.6) is 5.75 Å². The summed E-state index contributed by atoms with van der Waals surface area (Å²) in [4.78, 5) is 18.2. The Kier molecular flexibility index (Phi) is 5.62. The van der Waals surface area contributed by atoms with Crippen LogP contribution in [0.2, 0.25) is 0 Å². The van der Waals surface area contributed by atoms with Crippen molar-refractivity contribution >= 4 is 17.3 Å². The van der Waals surface area contributed by atoms with Crippen molar-refractivity contribution in [1.29, 1.82) is 0 Å². The van der Waals surface area contributed by atoms with E-state index in [1.165, 1.54) is 23.7 Å². The lowest BCUT2D eigenvalue weighted by Gasteiger charge is -2.35. The minimum Gasteiger partial charge on any atom is -0.497 e. The number of nitrogens with one attached hydrogen (secondary N) is 1. The Balaban J connectivity index is 1.61. The van der Waals surface area contributed by atoms with Gasteiger partial charge in [-0.3, -0.25) is 4.90 Å². The average Bonchev–Trinajstić information content (AvgIpc) is 3.14. The number of ether oxygens (including phenoxy) is 1. The van der Waals surface area contributed by atoms with Crippen LogP contribution >= 0.6 is 0 Å². The normalized spacial score (nSPS) is 15.9. The topological polar surface area (TPSA) is 84.9 Å². The second-order valence-electron chi connectivity index (χ2n) is 7.24. The number of nitrogens with zero attached hydrogens (tertiary/aromatic N) is 4. The van der Waals surface area contributed by atoms with Crippen molar-refractivity contribution in [2.75, 3.05) is 32.1 Å². The third-order valence-corrected chi connectivity index (χ3v) is 5.47. The number of methoxy groups -OCH3 is 1. The minimum absolute atomic E-state index is 0.0345. The van der Waals surface area contributed by atoms with Gasteiger partial charge in [0.15, 0.2) is 0 Å². The van der Waals surface area contributed by atoms with Crippen molar-refractivity contribution in [2.24, 2.45) is 0 Å². The fourth-order valence-corrected chi connectivity index (χ4v) is 3.98. The second-order valence-corrected chi connectivity index (χ2v) is 7.24. The van der Waals surface area contributed by atoms with E-state index in [9.17, 15) is 10.1 Å². The van der Waals surface area contributed by atoms with E-state index < -0.39 is 0 Å². The smallest absolute Gasteiger partial charge is 0.372 e. The second kappa shape index (κ2) is 8.48. The average molecular weight is 395 g/mol. The molecule has 1 fully saturated rings. The van der Waals surface area contributed by atoms with Crippen molar-refractivity contribution in [2.45, 2.75) is 25.3 Å². The summed E-state index contributed by atoms with van der Waals surface area (Å²) in [5.74, 6) is 1.08. The molecule has 1 N–H and O–H groups in total. The van der Waals surface area contributed by atoms with Gasteiger partial charge in [-0.15, -0.1) is 0 Å². The lowest BCUT2D eigenvalue weighted by atomic mass is 10.0. The largest absolute Gasteiger partial charge is 0.497 e. The van der Waals surface area contributed by atoms with Gasteiger partial charge in [0, 0.05) is 12.6 Å². The van der Waals surface area contributed by atoms with E-state index in [1.54, 1.807) is 25.4 Å². The molecule has 0 aliphatic carbocycles. The molecule has 0 unspecified atom stereocenters. The predicted molar refractivity (Wildman–Crippen MR) is 111 cm³/mol. The minimum atomic E-state index is -0.383. The van der Waals surface area contributed by atoms with Crippen molar-refractivity contribution in [3.63, 3.8) is 0 Å². The fourth-order valence-electron chi connectivity index (χ4n) is 3.98. The molecule has 1 aromatic carbocycles. The molecule has 0 spiro atoms. The van der Waals surface area contributed by atoms with E-state index in [0.717, 1.165) is 24.4 Å². The first kappa shape index (κ1) is 19.2. The third-order valence-electron chi connectivity index (χ3n) is 5.47. The number of pyridine rings is 1. The summed E-state index contributed by atoms with van der Waals surface area (Å²) < 4.78 is 6.79. The van der Waals surface area contributed by atoms with Gasteiger partial charge in [-0.2, -0.15) is 9.38 Å². The van der Waals surface area contributed by atoms with Gasteiger partial charge in [-0.05, 0) is 54.6 Å². The van der Waals surface area contributed by atoms with E-state index in [0.29, 0.717) is 18.0 Å². The van der Waals surface area contributed by atoms with Gasteiger partial charge in [-0.25, -0.2) is 0 Å². The first-order chi connectivity index (χ1) is 14.2. The molecule has 1 aliphatic heterocycles. The summed E-state index contributed by atoms with van der Waals surface area (Å²) in [6, 6.07) is 13.5. The van der Waals surface area contributed by atoms with Crippen LogP contribution in [0.15, 0.2) is 48.7 Å². The molecule has 3 heterocycles. The summed E-state index contributed by atoms with van der Waals surface area (Å²) in [6.07, 6.45) is 5.25. The molecule has 1 saturated heterocycles. The lowest BCUT2D eigenvalue weighted by Crippen LogP contribution is -2.37. The van der Waals surface area contributed by atoms with Crippen LogP contribution in [0, 0.1) is 10.1 Å². The molecule has 29 heavy (non-hydrogen) atoms. The molecule has 152 valence electrons. The Morgan fingerprint density at radius 1 is 1.17 bits per heavy atom. The van der Waals surface area contributed by atoms with E-state index in [1.807, 2.05) is 18.2 Å². The summed E-state index contributed by atoms with van der Waals surface area (Å²) in [5.41, 5.74) is 1.72. The van der Waals surface area contributed by atoms with E-state index >= 15 is 0 Å². The highest BCUT2D eigenvalue weighted by Gasteiger charge is 2.26. The Bertz CT molecular complexity index is 980. The van der Waals surface area contributed by atoms with Gasteiger partial charge >= 0.3 is 5.82 Å². The monoisotopic (exact) mass is 395 g/mol. The number of hydrogen-bond donors (Lipinski definition) is 1. The number of benzene rings is 1. The first-order valence-corrected chi connectivity index (χ1v) is 9.90. The SMILES string of the molecule is COc1ccc([C@H](CNc2nc3ccccn3c2[N+](=O)[O-])N2CCCCC2)cc1. The van der Waals surface area contributed by atoms with Crippen LogP contribution in [-0.2, 0) is 0 Å². The number of piperidine rings is 1. The standard InChI is InChI=1S/C21H25N5O3/c1-29-17-10-8-16(9-11-17)18(24-12-4-2-5-13-24)15-22-20-21(26(27)28)25-14-6-3-7-19(25)23-20/h3,6-11,14,18,22H,2,4-5,12-13,15H2,1H3/t18-/m0/s1. The summed E-state index contributed by atoms with van der Waals surface area (Å²) in [5, 5.41) is 14.9. The maximum Gasteiger partial charge on any atom is 0.372 e. The van der Waals surface area contributed by atoms with E-state index in [-0.39, 0.29) is 16.8 Å². The van der Waals surface area contributed by atoms with Crippen molar-refractivity contribution in [3.8, 4) is 5.75 Å². The highest BCUT2D eigenvalue weighted by molar-refractivity contribution is 5.62. The zero-order valence-electron chi connectivity index (χ0n) is 16.5. The van der Waals surface area contributed by atoms with Crippen LogP contribution < -0.4 is 10.1 Å². The number of anilines is 1. The molecule has 0 radical (unpaired) electrons. The van der Waals surface area contributed by atoms with Crippen LogP contribution in [0.1, 0.15) is 30.9 Å². The lowest BCUT2D eigenvalue weighted by molar-refractivity contribution is -0.389. The summed E-state index contributed by atoms with van der Waals surface area (Å²) >= 11 is 0. The van der Waals surface area contributed by atoms with Crippen LogP contribution in [0.25, 0.3) is 5.65 Å². The predicted octanol–water partition coefficient (Wildman–Crippen LogP) is 3.89. The highest BCUT2D eigenvalue weighted by atomic mass is 16.6. The Morgan fingerprint density at radius 2 is 1.93 bits per heavy atom. The highest BCUT2D eigenvalue weighted by Crippen LogP contribution is 2.29. The Hall–Kier alpha value is -3.13. The number of aromatic nitrogens is 2. The molecule has 8 heteroatoms. The molecule has 8 nitrogen and oxygen atoms in total. The number of imidazole rings is 1. The Morgan fingerprint density at radius 3 is 2.62 bits per heavy atom. The number of rotatable bonds is 7. The van der Waals surface area contributed by atoms with Gasteiger partial charge in [0.05, 0.1) is 19.3 Å². The summed E-state index contributed by atoms with van der Waals surface area (Å²) in [6.45, 7) is 2.58.